The molecule has 0 fully saturated rings. The van der Waals surface area contributed by atoms with E-state index in [0.717, 1.165) is 4.31 Å². The van der Waals surface area contributed by atoms with Crippen LogP contribution in [0.2, 0.25) is 0 Å². The van der Waals surface area contributed by atoms with Crippen molar-refractivity contribution in [3.05, 3.63) is 28.3 Å². The predicted molar refractivity (Wildman–Crippen MR) is 79.1 cm³/mol. The van der Waals surface area contributed by atoms with Gasteiger partial charge in [-0.2, -0.15) is 16.1 Å². The number of thioether (sulfide) groups is 1. The smallest absolute Gasteiger partial charge is 0.313 e. The number of nitro benzene ring substituents is 1. The second kappa shape index (κ2) is 6.88. The highest BCUT2D eigenvalue weighted by Gasteiger charge is 2.31. The number of nitro groups is 1. The maximum Gasteiger partial charge on any atom is 0.313 e. The van der Waals surface area contributed by atoms with Crippen LogP contribution in [0.1, 0.15) is 0 Å². The van der Waals surface area contributed by atoms with Crippen LogP contribution in [0.5, 0.6) is 0 Å². The molecule has 0 spiro atoms. The molecule has 0 aliphatic rings. The van der Waals surface area contributed by atoms with Crippen LogP contribution < -0.4 is 11.3 Å². The fourth-order valence-electron chi connectivity index (χ4n) is 1.54. The van der Waals surface area contributed by atoms with Gasteiger partial charge in [-0.3, -0.25) is 16.0 Å². The zero-order valence-corrected chi connectivity index (χ0v) is 12.7. The monoisotopic (exact) mass is 320 g/mol. The number of nitrogen functional groups attached to an aromatic ring is 1. The van der Waals surface area contributed by atoms with Crippen molar-refractivity contribution in [2.75, 3.05) is 31.0 Å². The van der Waals surface area contributed by atoms with Crippen molar-refractivity contribution in [3.8, 4) is 0 Å². The zero-order valence-electron chi connectivity index (χ0n) is 11.1. The number of nitrogens with zero attached hydrogens (tertiary/aromatic N) is 2. The second-order valence-corrected chi connectivity index (χ2v) is 6.87. The molecule has 0 unspecified atom stereocenters. The Balaban J connectivity index is 3.35. The molecule has 1 rings (SSSR count). The van der Waals surface area contributed by atoms with Crippen LogP contribution in [0.4, 0.5) is 11.4 Å². The normalized spacial score (nSPS) is 11.6. The Bertz CT molecular complexity index is 591. The second-order valence-electron chi connectivity index (χ2n) is 3.87. The van der Waals surface area contributed by atoms with Gasteiger partial charge in [-0.05, 0) is 18.4 Å². The largest absolute Gasteiger partial charge is 0.318 e. The van der Waals surface area contributed by atoms with E-state index in [4.69, 9.17) is 5.84 Å². The van der Waals surface area contributed by atoms with Crippen molar-refractivity contribution in [2.24, 2.45) is 5.84 Å². The van der Waals surface area contributed by atoms with Crippen LogP contribution in [-0.2, 0) is 10.0 Å². The summed E-state index contributed by atoms with van der Waals surface area (Å²) in [6, 6.07) is 3.94. The van der Waals surface area contributed by atoms with Crippen LogP contribution >= 0.6 is 11.8 Å². The van der Waals surface area contributed by atoms with E-state index in [-0.39, 0.29) is 17.1 Å². The van der Waals surface area contributed by atoms with Crippen molar-refractivity contribution in [2.45, 2.75) is 4.90 Å². The van der Waals surface area contributed by atoms with Crippen molar-refractivity contribution < 1.29 is 13.3 Å². The molecule has 3 N–H and O–H groups in total. The summed E-state index contributed by atoms with van der Waals surface area (Å²) in [6.07, 6.45) is 1.85. The molecule has 0 saturated heterocycles. The number of nitrogens with two attached hydrogens (primary N) is 1. The van der Waals surface area contributed by atoms with Crippen LogP contribution in [0.15, 0.2) is 23.1 Å². The molecule has 20 heavy (non-hydrogen) atoms. The van der Waals surface area contributed by atoms with Gasteiger partial charge in [0.15, 0.2) is 4.90 Å². The topological polar surface area (TPSA) is 119 Å². The summed E-state index contributed by atoms with van der Waals surface area (Å²) in [7, 11) is -2.55. The van der Waals surface area contributed by atoms with Gasteiger partial charge in [0.1, 0.15) is 5.69 Å². The minimum absolute atomic E-state index is 0.0469. The molecule has 0 heterocycles. The molecule has 0 bridgehead atoms. The number of anilines is 1. The average Bonchev–Trinajstić information content (AvgIpc) is 2.43. The Labute approximate surface area is 121 Å². The standard InChI is InChI=1S/C10H16N4O4S2/c1-13(6-7-19-2)20(17,18)9-5-3-4-8(12-11)10(9)14(15)16/h3-5,12H,6-7,11H2,1-2H3. The van der Waals surface area contributed by atoms with Gasteiger partial charge in [0.25, 0.3) is 0 Å². The average molecular weight is 320 g/mol. The first-order valence-corrected chi connectivity index (χ1v) is 8.39. The fourth-order valence-corrected chi connectivity index (χ4v) is 3.46. The van der Waals surface area contributed by atoms with E-state index in [2.05, 4.69) is 5.43 Å². The summed E-state index contributed by atoms with van der Waals surface area (Å²) in [5, 5.41) is 11.1. The maximum atomic E-state index is 12.4. The predicted octanol–water partition coefficient (Wildman–Crippen LogP) is 0.864. The molecule has 0 aromatic heterocycles. The summed E-state index contributed by atoms with van der Waals surface area (Å²) in [6.45, 7) is 0.265. The van der Waals surface area contributed by atoms with E-state index in [0.29, 0.717) is 5.75 Å². The molecule has 0 aliphatic carbocycles. The molecule has 10 heteroatoms. The number of nitrogens with one attached hydrogen (secondary N) is 1. The molecule has 0 amide bonds. The molecular weight excluding hydrogens is 304 g/mol. The van der Waals surface area contributed by atoms with Crippen LogP contribution in [0, 0.1) is 10.1 Å². The Kier molecular flexibility index (Phi) is 5.74. The summed E-state index contributed by atoms with van der Waals surface area (Å²) in [5.74, 6) is 5.79. The van der Waals surface area contributed by atoms with Gasteiger partial charge in [-0.25, -0.2) is 8.42 Å². The Morgan fingerprint density at radius 1 is 1.50 bits per heavy atom. The minimum Gasteiger partial charge on any atom is -0.318 e. The lowest BCUT2D eigenvalue weighted by Crippen LogP contribution is -2.29. The van der Waals surface area contributed by atoms with Gasteiger partial charge in [-0.1, -0.05) is 6.07 Å². The number of para-hydroxylation sites is 1. The first-order valence-electron chi connectivity index (χ1n) is 5.55. The minimum atomic E-state index is -3.94. The van der Waals surface area contributed by atoms with E-state index < -0.39 is 20.6 Å². The van der Waals surface area contributed by atoms with Gasteiger partial charge in [0.2, 0.25) is 10.0 Å². The number of hydrogen-bond acceptors (Lipinski definition) is 7. The lowest BCUT2D eigenvalue weighted by molar-refractivity contribution is -0.386. The number of sulfonamides is 1. The highest BCUT2D eigenvalue weighted by Crippen LogP contribution is 2.32. The fraction of sp³-hybridized carbons (Fsp3) is 0.400. The maximum absolute atomic E-state index is 12.4. The lowest BCUT2D eigenvalue weighted by Gasteiger charge is -2.17. The number of rotatable bonds is 7. The van der Waals surface area contributed by atoms with E-state index >= 15 is 0 Å². The highest BCUT2D eigenvalue weighted by atomic mass is 32.2. The Hall–Kier alpha value is -1.36. The molecule has 1 aromatic rings. The Morgan fingerprint density at radius 2 is 2.15 bits per heavy atom. The van der Waals surface area contributed by atoms with Gasteiger partial charge in [-0.15, -0.1) is 0 Å². The number of benzene rings is 1. The summed E-state index contributed by atoms with van der Waals surface area (Å²) >= 11 is 1.49. The Morgan fingerprint density at radius 3 is 2.65 bits per heavy atom. The zero-order chi connectivity index (χ0) is 15.3. The van der Waals surface area contributed by atoms with Crippen molar-refractivity contribution in [1.29, 1.82) is 0 Å². The van der Waals surface area contributed by atoms with E-state index in [1.807, 2.05) is 6.26 Å². The number of hydrogen-bond donors (Lipinski definition) is 2. The van der Waals surface area contributed by atoms with Gasteiger partial charge in [0, 0.05) is 19.3 Å². The van der Waals surface area contributed by atoms with Crippen molar-refractivity contribution in [1.82, 2.24) is 4.31 Å². The molecule has 0 atom stereocenters. The molecular formula is C10H16N4O4S2. The first kappa shape index (κ1) is 16.7. The van der Waals surface area contributed by atoms with Crippen LogP contribution in [0.25, 0.3) is 0 Å². The SMILES string of the molecule is CSCCN(C)S(=O)(=O)c1cccc(NN)c1[N+](=O)[O-]. The molecule has 112 valence electrons. The van der Waals surface area contributed by atoms with E-state index in [1.165, 1.54) is 37.0 Å². The molecule has 0 aliphatic heterocycles. The van der Waals surface area contributed by atoms with Crippen molar-refractivity contribution >= 4 is 33.2 Å². The van der Waals surface area contributed by atoms with Gasteiger partial charge < -0.3 is 5.43 Å². The summed E-state index contributed by atoms with van der Waals surface area (Å²) in [5.41, 5.74) is 1.55. The third kappa shape index (κ3) is 3.39. The van der Waals surface area contributed by atoms with Crippen molar-refractivity contribution in [3.63, 3.8) is 0 Å². The summed E-state index contributed by atoms with van der Waals surface area (Å²) < 4.78 is 25.8. The molecule has 1 aromatic carbocycles. The first-order chi connectivity index (χ1) is 9.36. The highest BCUT2D eigenvalue weighted by molar-refractivity contribution is 7.98. The molecule has 0 saturated carbocycles. The molecule has 8 nitrogen and oxygen atoms in total. The summed E-state index contributed by atoms with van der Waals surface area (Å²) in [4.78, 5) is 9.97. The van der Waals surface area contributed by atoms with Gasteiger partial charge >= 0.3 is 5.69 Å². The van der Waals surface area contributed by atoms with E-state index in [9.17, 15) is 18.5 Å². The van der Waals surface area contributed by atoms with E-state index in [1.54, 1.807) is 0 Å². The third-order valence-corrected chi connectivity index (χ3v) is 5.11. The third-order valence-electron chi connectivity index (χ3n) is 2.64. The number of hydrazine groups is 1. The van der Waals surface area contributed by atoms with Crippen LogP contribution in [-0.4, -0.2) is 43.2 Å². The lowest BCUT2D eigenvalue weighted by atomic mass is 10.3. The van der Waals surface area contributed by atoms with Crippen LogP contribution in [0.3, 0.4) is 0 Å². The van der Waals surface area contributed by atoms with Gasteiger partial charge in [0.05, 0.1) is 4.92 Å². The quantitative estimate of drug-likeness (QED) is 0.434. The molecule has 0 radical (unpaired) electrons.